The molecule has 3 rings (SSSR count). The molecule has 0 saturated heterocycles. The molecule has 0 atom stereocenters. The van der Waals surface area contributed by atoms with Crippen LogP contribution in [0.2, 0.25) is 10.3 Å². The van der Waals surface area contributed by atoms with E-state index in [1.807, 2.05) is 30.3 Å². The predicted octanol–water partition coefficient (Wildman–Crippen LogP) is 5.48. The molecule has 6 heteroatoms. The Kier molecular flexibility index (Phi) is 4.85. The van der Waals surface area contributed by atoms with E-state index >= 15 is 0 Å². The lowest BCUT2D eigenvalue weighted by molar-refractivity contribution is -0.151. The summed E-state index contributed by atoms with van der Waals surface area (Å²) in [5.74, 6) is -3.75. The summed E-state index contributed by atoms with van der Waals surface area (Å²) in [6.07, 6.45) is 0.494. The summed E-state index contributed by atoms with van der Waals surface area (Å²) in [7, 11) is 0. The van der Waals surface area contributed by atoms with Crippen molar-refractivity contribution >= 4 is 23.2 Å². The van der Waals surface area contributed by atoms with Gasteiger partial charge in [-0.15, -0.1) is 0 Å². The van der Waals surface area contributed by atoms with Gasteiger partial charge >= 0.3 is 0 Å². The van der Waals surface area contributed by atoms with E-state index in [-0.39, 0.29) is 22.0 Å². The maximum Gasteiger partial charge on any atom is 0.276 e. The molecule has 0 spiro atoms. The molecule has 0 N–H and O–H groups in total. The molecule has 1 fully saturated rings. The van der Waals surface area contributed by atoms with E-state index in [0.717, 1.165) is 5.56 Å². The summed E-state index contributed by atoms with van der Waals surface area (Å²) in [5.41, 5.74) is 0.851. The molecule has 0 aliphatic heterocycles. The van der Waals surface area contributed by atoms with Crippen LogP contribution in [-0.4, -0.2) is 11.1 Å². The topological polar surface area (TPSA) is 22.1 Å². The Morgan fingerprint density at radius 1 is 1.09 bits per heavy atom. The first kappa shape index (κ1) is 16.6. The number of benzene rings is 1. The lowest BCUT2D eigenvalue weighted by Gasteiger charge is -2.40. The highest BCUT2D eigenvalue weighted by Gasteiger charge is 2.49. The van der Waals surface area contributed by atoms with Crippen LogP contribution in [-0.2, 0) is 17.3 Å². The number of halogens is 4. The average Bonchev–Trinajstić information content (AvgIpc) is 2.45. The van der Waals surface area contributed by atoms with E-state index in [2.05, 4.69) is 4.98 Å². The Bertz CT molecular complexity index is 655. The first-order valence-corrected chi connectivity index (χ1v) is 8.07. The molecule has 1 aliphatic carbocycles. The first-order valence-electron chi connectivity index (χ1n) is 7.32. The Hall–Kier alpha value is -1.23. The fourth-order valence-corrected chi connectivity index (χ4v) is 3.14. The summed E-state index contributed by atoms with van der Waals surface area (Å²) in [6.45, 7) is 0.441. The highest BCUT2D eigenvalue weighted by molar-refractivity contribution is 6.32. The number of aromatic nitrogens is 1. The largest absolute Gasteiger partial charge is 0.374 e. The van der Waals surface area contributed by atoms with Crippen LogP contribution >= 0.6 is 23.2 Å². The molecule has 2 nitrogen and oxygen atoms in total. The third-order valence-corrected chi connectivity index (χ3v) is 4.47. The number of rotatable bonds is 5. The Morgan fingerprint density at radius 3 is 2.30 bits per heavy atom. The van der Waals surface area contributed by atoms with E-state index in [4.69, 9.17) is 27.9 Å². The Balaban J connectivity index is 1.57. The molecule has 1 aromatic heterocycles. The molecule has 1 heterocycles. The van der Waals surface area contributed by atoms with Crippen molar-refractivity contribution in [3.05, 3.63) is 63.9 Å². The maximum absolute atomic E-state index is 14.5. The Morgan fingerprint density at radius 2 is 1.70 bits per heavy atom. The third kappa shape index (κ3) is 3.82. The second kappa shape index (κ2) is 6.71. The molecule has 1 saturated carbocycles. The van der Waals surface area contributed by atoms with Crippen LogP contribution in [0.1, 0.15) is 24.0 Å². The van der Waals surface area contributed by atoms with E-state index in [9.17, 15) is 8.78 Å². The van der Waals surface area contributed by atoms with E-state index in [1.54, 1.807) is 0 Å². The third-order valence-electron chi connectivity index (χ3n) is 4.08. The second-order valence-corrected chi connectivity index (χ2v) is 6.49. The Labute approximate surface area is 143 Å². The average molecular weight is 358 g/mol. The van der Waals surface area contributed by atoms with Gasteiger partial charge in [0.05, 0.1) is 12.7 Å². The van der Waals surface area contributed by atoms with Crippen molar-refractivity contribution in [3.8, 4) is 0 Å². The molecule has 0 unspecified atom stereocenters. The van der Waals surface area contributed by atoms with Gasteiger partial charge in [-0.3, -0.25) is 0 Å². The van der Waals surface area contributed by atoms with E-state index < -0.39 is 11.8 Å². The van der Waals surface area contributed by atoms with Crippen molar-refractivity contribution < 1.29 is 13.5 Å². The number of hydrogen-bond acceptors (Lipinski definition) is 2. The first-order chi connectivity index (χ1) is 10.9. The van der Waals surface area contributed by atoms with E-state index in [1.165, 1.54) is 12.1 Å². The van der Waals surface area contributed by atoms with Crippen LogP contribution < -0.4 is 0 Å². The lowest BCUT2D eigenvalue weighted by Crippen LogP contribution is -2.41. The zero-order chi connectivity index (χ0) is 16.4. The van der Waals surface area contributed by atoms with Gasteiger partial charge in [0.15, 0.2) is 0 Å². The standard InChI is InChI=1S/C17H15Cl2F2NO/c18-15-8-13(9-16(19)22-15)17(20,21)12-6-14(7-12)23-10-11-4-2-1-3-5-11/h1-5,8-9,12,14H,6-7,10H2. The fraction of sp³-hybridized carbons (Fsp3) is 0.353. The maximum atomic E-state index is 14.5. The van der Waals surface area contributed by atoms with Gasteiger partial charge in [-0.1, -0.05) is 53.5 Å². The molecule has 0 radical (unpaired) electrons. The van der Waals surface area contributed by atoms with Crippen LogP contribution in [0, 0.1) is 5.92 Å². The molecule has 2 aromatic rings. The minimum atomic E-state index is -2.98. The van der Waals surface area contributed by atoms with Crippen molar-refractivity contribution in [2.45, 2.75) is 31.5 Å². The fourth-order valence-electron chi connectivity index (χ4n) is 2.68. The molecule has 1 aliphatic rings. The van der Waals surface area contributed by atoms with Crippen molar-refractivity contribution in [2.75, 3.05) is 0 Å². The molecule has 1 aromatic carbocycles. The molecule has 0 amide bonds. The minimum absolute atomic E-state index is 0.0247. The SMILES string of the molecule is FC(F)(c1cc(Cl)nc(Cl)c1)C1CC(OCc2ccccc2)C1. The number of ether oxygens (including phenoxy) is 1. The predicted molar refractivity (Wildman–Crippen MR) is 85.9 cm³/mol. The van der Waals surface area contributed by atoms with Crippen LogP contribution in [0.15, 0.2) is 42.5 Å². The molecular formula is C17H15Cl2F2NO. The van der Waals surface area contributed by atoms with E-state index in [0.29, 0.717) is 19.4 Å². The lowest BCUT2D eigenvalue weighted by atomic mass is 9.75. The summed E-state index contributed by atoms with van der Waals surface area (Å²) >= 11 is 11.4. The molecule has 122 valence electrons. The van der Waals surface area contributed by atoms with Crippen LogP contribution in [0.25, 0.3) is 0 Å². The van der Waals surface area contributed by atoms with Crippen molar-refractivity contribution in [1.29, 1.82) is 0 Å². The minimum Gasteiger partial charge on any atom is -0.374 e. The molecule has 0 bridgehead atoms. The quantitative estimate of drug-likeness (QED) is 0.661. The number of hydrogen-bond donors (Lipinski definition) is 0. The van der Waals surface area contributed by atoms with Gasteiger partial charge in [-0.2, -0.15) is 0 Å². The van der Waals surface area contributed by atoms with Gasteiger partial charge in [-0.25, -0.2) is 13.8 Å². The van der Waals surface area contributed by atoms with Gasteiger partial charge in [0.25, 0.3) is 5.92 Å². The monoisotopic (exact) mass is 357 g/mol. The normalized spacial score (nSPS) is 21.0. The zero-order valence-electron chi connectivity index (χ0n) is 12.2. The highest BCUT2D eigenvalue weighted by Crippen LogP contribution is 2.48. The number of nitrogens with zero attached hydrogens (tertiary/aromatic N) is 1. The van der Waals surface area contributed by atoms with Crippen LogP contribution in [0.5, 0.6) is 0 Å². The molecular weight excluding hydrogens is 343 g/mol. The smallest absolute Gasteiger partial charge is 0.276 e. The van der Waals surface area contributed by atoms with Gasteiger partial charge in [0.2, 0.25) is 0 Å². The van der Waals surface area contributed by atoms with Crippen molar-refractivity contribution in [1.82, 2.24) is 4.98 Å². The highest BCUT2D eigenvalue weighted by atomic mass is 35.5. The number of pyridine rings is 1. The van der Waals surface area contributed by atoms with Gasteiger partial charge < -0.3 is 4.74 Å². The summed E-state index contributed by atoms with van der Waals surface area (Å²) < 4.78 is 34.7. The number of alkyl halides is 2. The van der Waals surface area contributed by atoms with Crippen LogP contribution in [0.4, 0.5) is 8.78 Å². The van der Waals surface area contributed by atoms with Gasteiger partial charge in [0.1, 0.15) is 10.3 Å². The zero-order valence-corrected chi connectivity index (χ0v) is 13.7. The van der Waals surface area contributed by atoms with Gasteiger partial charge in [-0.05, 0) is 30.5 Å². The van der Waals surface area contributed by atoms with Crippen molar-refractivity contribution in [2.24, 2.45) is 5.92 Å². The summed E-state index contributed by atoms with van der Waals surface area (Å²) in [5, 5.41) is -0.0493. The van der Waals surface area contributed by atoms with Crippen molar-refractivity contribution in [3.63, 3.8) is 0 Å². The molecule has 23 heavy (non-hydrogen) atoms. The van der Waals surface area contributed by atoms with Gasteiger partial charge in [0, 0.05) is 11.5 Å². The summed E-state index contributed by atoms with van der Waals surface area (Å²) in [4.78, 5) is 3.70. The summed E-state index contributed by atoms with van der Waals surface area (Å²) in [6, 6.07) is 12.0. The van der Waals surface area contributed by atoms with Crippen LogP contribution in [0.3, 0.4) is 0 Å². The second-order valence-electron chi connectivity index (χ2n) is 5.71.